The number of benzene rings is 1. The number of rotatable bonds is 8. The lowest BCUT2D eigenvalue weighted by atomic mass is 9.96. The number of imidazole rings is 1. The molecule has 1 fully saturated rings. The number of aliphatic hydroxyl groups is 1. The highest BCUT2D eigenvalue weighted by Gasteiger charge is 2.46. The highest BCUT2D eigenvalue weighted by molar-refractivity contribution is 6.46. The average Bonchev–Trinajstić information content (AvgIpc) is 3.30. The minimum Gasteiger partial charge on any atom is -0.505 e. The highest BCUT2D eigenvalue weighted by Crippen LogP contribution is 2.42. The number of phenolic OH excluding ortho intramolecular Hbond substituents is 1. The maximum Gasteiger partial charge on any atom is 0.295 e. The van der Waals surface area contributed by atoms with E-state index in [0.717, 1.165) is 12.1 Å². The van der Waals surface area contributed by atoms with Gasteiger partial charge in [0.15, 0.2) is 17.3 Å². The molecule has 0 bridgehead atoms. The molecule has 0 spiro atoms. The monoisotopic (exact) mass is 492 g/mol. The summed E-state index contributed by atoms with van der Waals surface area (Å²) >= 11 is 0. The number of nitrogens with zero attached hydrogens (tertiary/aromatic N) is 4. The van der Waals surface area contributed by atoms with Crippen molar-refractivity contribution in [2.75, 3.05) is 33.8 Å². The maximum atomic E-state index is 13.3. The zero-order valence-corrected chi connectivity index (χ0v) is 21.3. The fourth-order valence-corrected chi connectivity index (χ4v) is 4.66. The maximum absolute atomic E-state index is 13.3. The molecule has 4 rings (SSSR count). The van der Waals surface area contributed by atoms with Crippen molar-refractivity contribution in [3.05, 3.63) is 64.6 Å². The van der Waals surface area contributed by atoms with Gasteiger partial charge in [-0.05, 0) is 77.2 Å². The first-order chi connectivity index (χ1) is 17.1. The molecule has 1 unspecified atom stereocenters. The first-order valence-corrected chi connectivity index (χ1v) is 12.0. The van der Waals surface area contributed by atoms with Crippen LogP contribution in [0.1, 0.15) is 41.9 Å². The van der Waals surface area contributed by atoms with Crippen LogP contribution >= 0.6 is 0 Å². The van der Waals surface area contributed by atoms with Crippen molar-refractivity contribution in [1.82, 2.24) is 19.2 Å². The zero-order chi connectivity index (χ0) is 26.1. The molecule has 1 aromatic carbocycles. The van der Waals surface area contributed by atoms with Crippen molar-refractivity contribution in [2.24, 2.45) is 0 Å². The number of carbonyl (C=O) groups excluding carboxylic acids is 2. The second kappa shape index (κ2) is 10.0. The van der Waals surface area contributed by atoms with Gasteiger partial charge in [0, 0.05) is 12.7 Å². The van der Waals surface area contributed by atoms with E-state index in [1.165, 1.54) is 11.0 Å². The number of likely N-dealkylation sites (tertiary alicyclic amines) is 1. The fraction of sp³-hybridized carbons (Fsp3) is 0.370. The number of ketones is 1. The van der Waals surface area contributed by atoms with Crippen LogP contribution in [0, 0.1) is 13.8 Å². The predicted molar refractivity (Wildman–Crippen MR) is 136 cm³/mol. The van der Waals surface area contributed by atoms with Gasteiger partial charge in [0.25, 0.3) is 11.7 Å². The van der Waals surface area contributed by atoms with Crippen LogP contribution in [0.15, 0.2) is 42.1 Å². The van der Waals surface area contributed by atoms with Crippen LogP contribution in [0.4, 0.5) is 0 Å². The Morgan fingerprint density at radius 2 is 1.94 bits per heavy atom. The number of carbonyl (C=O) groups is 2. The Morgan fingerprint density at radius 3 is 2.61 bits per heavy atom. The Morgan fingerprint density at radius 1 is 1.19 bits per heavy atom. The van der Waals surface area contributed by atoms with Crippen molar-refractivity contribution in [3.63, 3.8) is 0 Å². The van der Waals surface area contributed by atoms with Crippen molar-refractivity contribution >= 4 is 23.1 Å². The van der Waals surface area contributed by atoms with Crippen LogP contribution in [-0.2, 0) is 9.59 Å². The Labute approximate surface area is 210 Å². The molecule has 9 nitrogen and oxygen atoms in total. The third-order valence-electron chi connectivity index (χ3n) is 6.45. The van der Waals surface area contributed by atoms with Gasteiger partial charge in [0.1, 0.15) is 11.3 Å². The van der Waals surface area contributed by atoms with E-state index >= 15 is 0 Å². The Hall–Kier alpha value is -3.85. The average molecular weight is 493 g/mol. The van der Waals surface area contributed by atoms with Gasteiger partial charge in [0.05, 0.1) is 23.9 Å². The normalized spacial score (nSPS) is 17.5. The van der Waals surface area contributed by atoms with Gasteiger partial charge in [-0.2, -0.15) is 0 Å². The molecule has 3 heterocycles. The summed E-state index contributed by atoms with van der Waals surface area (Å²) in [5.41, 5.74) is 3.02. The Balaban J connectivity index is 1.89. The molecule has 1 amide bonds. The predicted octanol–water partition coefficient (Wildman–Crippen LogP) is 3.43. The van der Waals surface area contributed by atoms with Gasteiger partial charge in [0.2, 0.25) is 0 Å². The second-order valence-corrected chi connectivity index (χ2v) is 9.24. The van der Waals surface area contributed by atoms with Crippen LogP contribution in [0.3, 0.4) is 0 Å². The topological polar surface area (TPSA) is 108 Å². The summed E-state index contributed by atoms with van der Waals surface area (Å²) in [5.74, 6) is -1.56. The first-order valence-electron chi connectivity index (χ1n) is 12.0. The van der Waals surface area contributed by atoms with E-state index in [9.17, 15) is 19.8 Å². The molecule has 2 aromatic heterocycles. The number of fused-ring (bicyclic) bond motifs is 1. The second-order valence-electron chi connectivity index (χ2n) is 9.24. The molecule has 0 saturated carbocycles. The van der Waals surface area contributed by atoms with E-state index in [4.69, 9.17) is 4.74 Å². The molecule has 1 aliphatic rings. The van der Waals surface area contributed by atoms with Crippen LogP contribution in [0.5, 0.6) is 11.5 Å². The SMILES string of the molecule is CCOc1cc(C2/C(=C(\O)c3nc4c(C)cccn4c3C)C(=O)C(=O)N2CCCN(C)C)ccc1O. The van der Waals surface area contributed by atoms with Gasteiger partial charge in [-0.1, -0.05) is 12.1 Å². The summed E-state index contributed by atoms with van der Waals surface area (Å²) in [6.45, 7) is 6.90. The summed E-state index contributed by atoms with van der Waals surface area (Å²) in [6.07, 6.45) is 2.48. The minimum atomic E-state index is -0.850. The van der Waals surface area contributed by atoms with E-state index in [2.05, 4.69) is 4.98 Å². The molecule has 9 heteroatoms. The number of hydrogen-bond donors (Lipinski definition) is 2. The molecule has 36 heavy (non-hydrogen) atoms. The van der Waals surface area contributed by atoms with Gasteiger partial charge in [-0.3, -0.25) is 9.59 Å². The number of phenols is 1. The lowest BCUT2D eigenvalue weighted by molar-refractivity contribution is -0.139. The van der Waals surface area contributed by atoms with Crippen molar-refractivity contribution in [3.8, 4) is 11.5 Å². The van der Waals surface area contributed by atoms with Crippen molar-refractivity contribution < 1.29 is 24.5 Å². The summed E-state index contributed by atoms with van der Waals surface area (Å²) in [5, 5.41) is 21.7. The molecule has 1 atom stereocenters. The summed E-state index contributed by atoms with van der Waals surface area (Å²) < 4.78 is 7.40. The van der Waals surface area contributed by atoms with Gasteiger partial charge >= 0.3 is 0 Å². The van der Waals surface area contributed by atoms with E-state index in [1.807, 2.05) is 55.6 Å². The van der Waals surface area contributed by atoms with Gasteiger partial charge in [-0.15, -0.1) is 0 Å². The number of aromatic hydroxyl groups is 1. The Kier molecular flexibility index (Phi) is 7.03. The van der Waals surface area contributed by atoms with Crippen LogP contribution in [0.25, 0.3) is 11.4 Å². The highest BCUT2D eigenvalue weighted by atomic mass is 16.5. The molecule has 3 aromatic rings. The zero-order valence-electron chi connectivity index (χ0n) is 21.3. The van der Waals surface area contributed by atoms with Gasteiger partial charge in [-0.25, -0.2) is 4.98 Å². The van der Waals surface area contributed by atoms with E-state index in [-0.39, 0.29) is 28.5 Å². The molecule has 0 radical (unpaired) electrons. The van der Waals surface area contributed by atoms with E-state index in [1.54, 1.807) is 19.1 Å². The number of pyridine rings is 1. The molecule has 190 valence electrons. The van der Waals surface area contributed by atoms with Crippen molar-refractivity contribution in [2.45, 2.75) is 33.2 Å². The number of aryl methyl sites for hydroxylation is 2. The largest absolute Gasteiger partial charge is 0.505 e. The number of Topliss-reactive ketones (excluding diaryl/α,β-unsaturated/α-hetero) is 1. The fourth-order valence-electron chi connectivity index (χ4n) is 4.66. The number of ether oxygens (including phenoxy) is 1. The lowest BCUT2D eigenvalue weighted by Gasteiger charge is -2.26. The molecule has 1 aliphatic heterocycles. The summed E-state index contributed by atoms with van der Waals surface area (Å²) in [6, 6.07) is 7.68. The van der Waals surface area contributed by atoms with Crippen LogP contribution in [0.2, 0.25) is 0 Å². The summed E-state index contributed by atoms with van der Waals surface area (Å²) in [4.78, 5) is 34.7. The molecular weight excluding hydrogens is 460 g/mol. The smallest absolute Gasteiger partial charge is 0.295 e. The molecular formula is C27H32N4O5. The van der Waals surface area contributed by atoms with Crippen LogP contribution < -0.4 is 4.74 Å². The lowest BCUT2D eigenvalue weighted by Crippen LogP contribution is -2.32. The molecule has 0 aliphatic carbocycles. The molecule has 1 saturated heterocycles. The van der Waals surface area contributed by atoms with E-state index < -0.39 is 17.7 Å². The van der Waals surface area contributed by atoms with Gasteiger partial charge < -0.3 is 29.2 Å². The Bertz CT molecular complexity index is 1360. The standard InChI is InChI=1S/C27H32N4O5/c1-6-36-20-15-18(10-11-19(20)32)23-21(25(34)27(35)31(23)14-8-12-29(4)5)24(33)22-17(3)30-13-7-9-16(2)26(30)28-22/h7,9-11,13,15,23,32-33H,6,8,12,14H2,1-5H3/b24-21+. The number of aromatic nitrogens is 2. The third-order valence-corrected chi connectivity index (χ3v) is 6.45. The van der Waals surface area contributed by atoms with Crippen molar-refractivity contribution in [1.29, 1.82) is 0 Å². The number of aliphatic hydroxyl groups excluding tert-OH is 1. The van der Waals surface area contributed by atoms with Crippen LogP contribution in [-0.4, -0.2) is 74.9 Å². The quantitative estimate of drug-likeness (QED) is 0.282. The first kappa shape index (κ1) is 25.2. The number of amides is 1. The summed E-state index contributed by atoms with van der Waals surface area (Å²) in [7, 11) is 3.88. The minimum absolute atomic E-state index is 0.0258. The molecule has 2 N–H and O–H groups in total. The third kappa shape index (κ3) is 4.42. The number of hydrogen-bond acceptors (Lipinski definition) is 7. The van der Waals surface area contributed by atoms with E-state index in [0.29, 0.717) is 36.5 Å².